The number of ether oxygens (including phenoxy) is 1. The van der Waals surface area contributed by atoms with Gasteiger partial charge in [-0.15, -0.1) is 0 Å². The normalized spacial score (nSPS) is 11.3. The van der Waals surface area contributed by atoms with Crippen molar-refractivity contribution in [1.29, 1.82) is 0 Å². The van der Waals surface area contributed by atoms with E-state index < -0.39 is 29.1 Å². The van der Waals surface area contributed by atoms with E-state index in [4.69, 9.17) is 4.74 Å². The lowest BCUT2D eigenvalue weighted by Gasteiger charge is -2.11. The van der Waals surface area contributed by atoms with Crippen molar-refractivity contribution in [2.75, 3.05) is 13.2 Å². The van der Waals surface area contributed by atoms with Crippen LogP contribution in [0.2, 0.25) is 0 Å². The molecule has 0 aliphatic carbocycles. The molecule has 27 heavy (non-hydrogen) atoms. The van der Waals surface area contributed by atoms with Crippen LogP contribution in [-0.4, -0.2) is 33.3 Å². The monoisotopic (exact) mass is 389 g/mol. The largest absolute Gasteiger partial charge is 0.456 e. The third-order valence-corrected chi connectivity index (χ3v) is 5.48. The van der Waals surface area contributed by atoms with E-state index in [9.17, 15) is 18.0 Å². The summed E-state index contributed by atoms with van der Waals surface area (Å²) in [5.74, 6) is -1.14. The van der Waals surface area contributed by atoms with Crippen molar-refractivity contribution in [2.24, 2.45) is 0 Å². The first kappa shape index (κ1) is 20.8. The Kier molecular flexibility index (Phi) is 6.51. The third kappa shape index (κ3) is 5.48. The van der Waals surface area contributed by atoms with Gasteiger partial charge in [-0.2, -0.15) is 4.72 Å². The third-order valence-electron chi connectivity index (χ3n) is 4.06. The maximum Gasteiger partial charge on any atom is 0.321 e. The second-order valence-electron chi connectivity index (χ2n) is 6.50. The molecule has 2 aromatic carbocycles. The smallest absolute Gasteiger partial charge is 0.321 e. The molecule has 0 saturated carbocycles. The van der Waals surface area contributed by atoms with Gasteiger partial charge in [0.1, 0.15) is 6.54 Å². The van der Waals surface area contributed by atoms with Crippen LogP contribution in [0.25, 0.3) is 0 Å². The zero-order valence-electron chi connectivity index (χ0n) is 15.8. The van der Waals surface area contributed by atoms with Gasteiger partial charge in [0.15, 0.2) is 6.61 Å². The zero-order valence-corrected chi connectivity index (χ0v) is 16.6. The predicted molar refractivity (Wildman–Crippen MR) is 102 cm³/mol. The molecule has 0 aromatic heterocycles. The molecule has 0 aliphatic heterocycles. The number of nitrogens with one attached hydrogen (secondary N) is 1. The van der Waals surface area contributed by atoms with Gasteiger partial charge in [0.05, 0.1) is 4.90 Å². The number of hydrogen-bond donors (Lipinski definition) is 1. The molecule has 0 atom stereocenters. The van der Waals surface area contributed by atoms with Crippen molar-refractivity contribution < 1.29 is 22.7 Å². The quantitative estimate of drug-likeness (QED) is 0.581. The standard InChI is InChI=1S/C20H23NO5S/c1-13-5-7-17(8-6-13)27(24,25)21-11-19(23)26-12-18(22)20-15(3)9-14(2)10-16(20)4/h5-10,21H,11-12H2,1-4H3. The molecule has 0 radical (unpaired) electrons. The molecule has 0 saturated heterocycles. The topological polar surface area (TPSA) is 89.5 Å². The summed E-state index contributed by atoms with van der Waals surface area (Å²) in [6, 6.07) is 10.0. The fourth-order valence-electron chi connectivity index (χ4n) is 2.84. The Morgan fingerprint density at radius 2 is 1.48 bits per heavy atom. The van der Waals surface area contributed by atoms with Crippen molar-refractivity contribution in [3.63, 3.8) is 0 Å². The van der Waals surface area contributed by atoms with E-state index in [1.807, 2.05) is 39.8 Å². The summed E-state index contributed by atoms with van der Waals surface area (Å²) in [6.07, 6.45) is 0. The molecule has 1 N–H and O–H groups in total. The highest BCUT2D eigenvalue weighted by molar-refractivity contribution is 7.89. The Hall–Kier alpha value is -2.51. The molecule has 0 bridgehead atoms. The number of esters is 1. The van der Waals surface area contributed by atoms with Crippen molar-refractivity contribution in [1.82, 2.24) is 4.72 Å². The SMILES string of the molecule is Cc1ccc(S(=O)(=O)NCC(=O)OCC(=O)c2c(C)cc(C)cc2C)cc1. The zero-order chi connectivity index (χ0) is 20.2. The average molecular weight is 389 g/mol. The van der Waals surface area contributed by atoms with E-state index in [-0.39, 0.29) is 10.7 Å². The lowest BCUT2D eigenvalue weighted by Crippen LogP contribution is -2.31. The summed E-state index contributed by atoms with van der Waals surface area (Å²) in [5, 5.41) is 0. The number of rotatable bonds is 7. The Bertz CT molecular complexity index is 939. The first-order chi connectivity index (χ1) is 12.6. The van der Waals surface area contributed by atoms with Crippen LogP contribution in [-0.2, 0) is 19.6 Å². The van der Waals surface area contributed by atoms with Crippen LogP contribution in [0.15, 0.2) is 41.3 Å². The molecule has 144 valence electrons. The van der Waals surface area contributed by atoms with Crippen LogP contribution in [0.5, 0.6) is 0 Å². The summed E-state index contributed by atoms with van der Waals surface area (Å²) < 4.78 is 31.4. The number of hydrogen-bond acceptors (Lipinski definition) is 5. The van der Waals surface area contributed by atoms with E-state index in [0.29, 0.717) is 5.56 Å². The lowest BCUT2D eigenvalue weighted by molar-refractivity contribution is -0.141. The number of aryl methyl sites for hydroxylation is 4. The number of sulfonamides is 1. The Balaban J connectivity index is 1.93. The van der Waals surface area contributed by atoms with Crippen molar-refractivity contribution >= 4 is 21.8 Å². The maximum absolute atomic E-state index is 12.3. The highest BCUT2D eigenvalue weighted by atomic mass is 32.2. The predicted octanol–water partition coefficient (Wildman–Crippen LogP) is 2.62. The van der Waals surface area contributed by atoms with E-state index in [2.05, 4.69) is 4.72 Å². The number of benzene rings is 2. The summed E-state index contributed by atoms with van der Waals surface area (Å²) in [4.78, 5) is 24.2. The van der Waals surface area contributed by atoms with Gasteiger partial charge in [-0.1, -0.05) is 35.4 Å². The van der Waals surface area contributed by atoms with Crippen molar-refractivity contribution in [3.05, 3.63) is 64.2 Å². The molecule has 0 heterocycles. The van der Waals surface area contributed by atoms with Crippen LogP contribution in [0.4, 0.5) is 0 Å². The molecular weight excluding hydrogens is 366 g/mol. The molecule has 0 amide bonds. The number of Topliss-reactive ketones (excluding diaryl/α,β-unsaturated/α-hetero) is 1. The highest BCUT2D eigenvalue weighted by Gasteiger charge is 2.18. The minimum absolute atomic E-state index is 0.0582. The molecule has 0 fully saturated rings. The van der Waals surface area contributed by atoms with Gasteiger partial charge in [-0.3, -0.25) is 9.59 Å². The first-order valence-corrected chi connectivity index (χ1v) is 9.91. The Morgan fingerprint density at radius 1 is 0.926 bits per heavy atom. The summed E-state index contributed by atoms with van der Waals surface area (Å²) >= 11 is 0. The van der Waals surface area contributed by atoms with Crippen molar-refractivity contribution in [3.8, 4) is 0 Å². The van der Waals surface area contributed by atoms with Crippen LogP contribution in [0.1, 0.15) is 32.6 Å². The minimum Gasteiger partial charge on any atom is -0.456 e. The van der Waals surface area contributed by atoms with Gasteiger partial charge in [-0.05, 0) is 51.0 Å². The summed E-state index contributed by atoms with van der Waals surface area (Å²) in [7, 11) is -3.82. The maximum atomic E-state index is 12.3. The molecule has 0 unspecified atom stereocenters. The number of carbonyl (C=O) groups excluding carboxylic acids is 2. The molecule has 2 rings (SSSR count). The minimum atomic E-state index is -3.82. The second-order valence-corrected chi connectivity index (χ2v) is 8.26. The van der Waals surface area contributed by atoms with Gasteiger partial charge in [0.25, 0.3) is 0 Å². The van der Waals surface area contributed by atoms with E-state index >= 15 is 0 Å². The number of ketones is 1. The fourth-order valence-corrected chi connectivity index (χ4v) is 3.81. The van der Waals surface area contributed by atoms with Crippen LogP contribution in [0.3, 0.4) is 0 Å². The molecule has 6 nitrogen and oxygen atoms in total. The highest BCUT2D eigenvalue weighted by Crippen LogP contribution is 2.17. The lowest BCUT2D eigenvalue weighted by atomic mass is 9.97. The van der Waals surface area contributed by atoms with E-state index in [0.717, 1.165) is 22.3 Å². The molecular formula is C20H23NO5S. The van der Waals surface area contributed by atoms with Crippen molar-refractivity contribution in [2.45, 2.75) is 32.6 Å². The Morgan fingerprint density at radius 3 is 2.04 bits per heavy atom. The second kappa shape index (κ2) is 8.45. The fraction of sp³-hybridized carbons (Fsp3) is 0.300. The summed E-state index contributed by atoms with van der Waals surface area (Å²) in [5.41, 5.74) is 4.12. The number of carbonyl (C=O) groups is 2. The summed E-state index contributed by atoms with van der Waals surface area (Å²) in [6.45, 7) is 6.45. The van der Waals surface area contributed by atoms with Gasteiger partial charge in [-0.25, -0.2) is 8.42 Å². The van der Waals surface area contributed by atoms with Gasteiger partial charge >= 0.3 is 5.97 Å². The van der Waals surface area contributed by atoms with E-state index in [1.54, 1.807) is 12.1 Å². The van der Waals surface area contributed by atoms with Gasteiger partial charge < -0.3 is 4.74 Å². The van der Waals surface area contributed by atoms with Crippen LogP contribution in [0, 0.1) is 27.7 Å². The van der Waals surface area contributed by atoms with E-state index in [1.165, 1.54) is 12.1 Å². The van der Waals surface area contributed by atoms with Crippen LogP contribution >= 0.6 is 0 Å². The first-order valence-electron chi connectivity index (χ1n) is 8.43. The average Bonchev–Trinajstić information content (AvgIpc) is 2.57. The molecule has 7 heteroatoms. The molecule has 0 spiro atoms. The Labute approximate surface area is 159 Å². The molecule has 2 aromatic rings. The molecule has 0 aliphatic rings. The van der Waals surface area contributed by atoms with Gasteiger partial charge in [0.2, 0.25) is 15.8 Å². The van der Waals surface area contributed by atoms with Gasteiger partial charge in [0, 0.05) is 5.56 Å². The van der Waals surface area contributed by atoms with Crippen LogP contribution < -0.4 is 4.72 Å².